The number of thioether (sulfide) groups is 1. The summed E-state index contributed by atoms with van der Waals surface area (Å²) in [7, 11) is 1.65. The number of ether oxygens (including phenoxy) is 1. The summed E-state index contributed by atoms with van der Waals surface area (Å²) in [6.45, 7) is 5.57. The Balaban J connectivity index is 1.59. The molecule has 0 unspecified atom stereocenters. The van der Waals surface area contributed by atoms with Crippen molar-refractivity contribution in [3.63, 3.8) is 0 Å². The Morgan fingerprint density at radius 3 is 2.73 bits per heavy atom. The van der Waals surface area contributed by atoms with Crippen molar-refractivity contribution in [3.8, 4) is 5.75 Å². The molecular formula is C25H28N4O2S2. The normalized spacial score (nSPS) is 11.1. The lowest BCUT2D eigenvalue weighted by molar-refractivity contribution is -0.118. The summed E-state index contributed by atoms with van der Waals surface area (Å²) in [6, 6.07) is 12.2. The highest BCUT2D eigenvalue weighted by Gasteiger charge is 2.22. The topological polar surface area (TPSA) is 60.2 Å². The zero-order chi connectivity index (χ0) is 23.2. The van der Waals surface area contributed by atoms with Crippen molar-refractivity contribution < 1.29 is 9.53 Å². The van der Waals surface area contributed by atoms with Crippen molar-refractivity contribution in [2.75, 3.05) is 24.3 Å². The second-order valence-corrected chi connectivity index (χ2v) is 10.0. The highest BCUT2D eigenvalue weighted by atomic mass is 32.2. The van der Waals surface area contributed by atoms with Gasteiger partial charge in [-0.3, -0.25) is 9.69 Å². The third-order valence-corrected chi connectivity index (χ3v) is 7.50. The largest absolute Gasteiger partial charge is 0.494 e. The van der Waals surface area contributed by atoms with E-state index in [0.29, 0.717) is 18.1 Å². The molecule has 0 bridgehead atoms. The number of hydrogen-bond acceptors (Lipinski definition) is 6. The van der Waals surface area contributed by atoms with Crippen LogP contribution < -0.4 is 9.64 Å². The Morgan fingerprint density at radius 1 is 1.21 bits per heavy atom. The molecule has 2 aromatic carbocycles. The molecule has 8 heteroatoms. The number of carbonyl (C=O) groups is 1. The first-order valence-electron chi connectivity index (χ1n) is 11.0. The number of rotatable bonds is 10. The van der Waals surface area contributed by atoms with Gasteiger partial charge in [0.2, 0.25) is 5.91 Å². The number of thiazole rings is 1. The molecule has 4 aromatic rings. The number of benzene rings is 2. The van der Waals surface area contributed by atoms with Crippen molar-refractivity contribution >= 4 is 44.4 Å². The first kappa shape index (κ1) is 23.3. The molecule has 0 radical (unpaired) electrons. The molecule has 33 heavy (non-hydrogen) atoms. The molecule has 1 amide bonds. The van der Waals surface area contributed by atoms with E-state index in [2.05, 4.69) is 31.0 Å². The van der Waals surface area contributed by atoms with Crippen LogP contribution in [0, 0.1) is 6.92 Å². The van der Waals surface area contributed by atoms with Crippen molar-refractivity contribution in [2.24, 2.45) is 0 Å². The van der Waals surface area contributed by atoms with Crippen LogP contribution in [0.3, 0.4) is 0 Å². The molecule has 0 aliphatic heterocycles. The molecule has 0 aliphatic carbocycles. The number of nitrogens with zero attached hydrogens (tertiary/aromatic N) is 4. The van der Waals surface area contributed by atoms with Crippen LogP contribution in [0.1, 0.15) is 24.5 Å². The van der Waals surface area contributed by atoms with Gasteiger partial charge in [-0.25, -0.2) is 9.97 Å². The van der Waals surface area contributed by atoms with Gasteiger partial charge in [-0.05, 0) is 48.4 Å². The van der Waals surface area contributed by atoms with Crippen molar-refractivity contribution in [2.45, 2.75) is 38.1 Å². The van der Waals surface area contributed by atoms with Crippen LogP contribution in [-0.2, 0) is 17.8 Å². The van der Waals surface area contributed by atoms with E-state index >= 15 is 0 Å². The lowest BCUT2D eigenvalue weighted by atomic mass is 10.1. The first-order valence-corrected chi connectivity index (χ1v) is 12.8. The Labute approximate surface area is 202 Å². The van der Waals surface area contributed by atoms with Gasteiger partial charge in [0, 0.05) is 30.4 Å². The van der Waals surface area contributed by atoms with Crippen LogP contribution in [0.5, 0.6) is 5.75 Å². The molecule has 0 N–H and O–H groups in total. The average molecular weight is 481 g/mol. The Hall–Kier alpha value is -2.84. The molecule has 0 saturated heterocycles. The van der Waals surface area contributed by atoms with Gasteiger partial charge < -0.3 is 9.30 Å². The fraction of sp³-hybridized carbons (Fsp3) is 0.320. The van der Waals surface area contributed by atoms with Crippen LogP contribution in [0.25, 0.3) is 10.2 Å². The number of amides is 1. The van der Waals surface area contributed by atoms with Crippen LogP contribution in [0.2, 0.25) is 0 Å². The number of carbonyl (C=O) groups excluding carboxylic acids is 1. The molecule has 6 nitrogen and oxygen atoms in total. The minimum absolute atomic E-state index is 0.0483. The van der Waals surface area contributed by atoms with Gasteiger partial charge in [0.25, 0.3) is 0 Å². The molecular weight excluding hydrogens is 452 g/mol. The van der Waals surface area contributed by atoms with Crippen LogP contribution in [0.4, 0.5) is 5.13 Å². The lowest BCUT2D eigenvalue weighted by Gasteiger charge is -2.20. The summed E-state index contributed by atoms with van der Waals surface area (Å²) < 4.78 is 8.60. The van der Waals surface area contributed by atoms with Crippen molar-refractivity contribution in [3.05, 3.63) is 66.2 Å². The molecule has 0 saturated carbocycles. The maximum Gasteiger partial charge on any atom is 0.233 e. The van der Waals surface area contributed by atoms with E-state index in [1.54, 1.807) is 42.7 Å². The fourth-order valence-corrected chi connectivity index (χ4v) is 5.43. The van der Waals surface area contributed by atoms with Gasteiger partial charge in [0.05, 0.1) is 24.6 Å². The molecule has 0 aliphatic rings. The molecule has 0 spiro atoms. The van der Waals surface area contributed by atoms with Gasteiger partial charge in [0.15, 0.2) is 5.13 Å². The van der Waals surface area contributed by atoms with Crippen molar-refractivity contribution in [1.82, 2.24) is 14.5 Å². The third kappa shape index (κ3) is 5.57. The summed E-state index contributed by atoms with van der Waals surface area (Å²) in [6.07, 6.45) is 6.66. The number of anilines is 1. The quantitative estimate of drug-likeness (QED) is 0.277. The SMILES string of the molecule is CCSc1ccc(CC(=O)N(CCCn2ccnc2)c2nc3c(OC)ccc(C)c3s2)cc1. The van der Waals surface area contributed by atoms with Gasteiger partial charge >= 0.3 is 0 Å². The van der Waals surface area contributed by atoms with E-state index in [-0.39, 0.29) is 5.91 Å². The predicted molar refractivity (Wildman–Crippen MR) is 137 cm³/mol. The Kier molecular flexibility index (Phi) is 7.67. The zero-order valence-electron chi connectivity index (χ0n) is 19.2. The van der Waals surface area contributed by atoms with E-state index < -0.39 is 0 Å². The minimum atomic E-state index is 0.0483. The van der Waals surface area contributed by atoms with Crippen LogP contribution in [-0.4, -0.2) is 39.8 Å². The molecule has 4 rings (SSSR count). The second kappa shape index (κ2) is 10.9. The van der Waals surface area contributed by atoms with Gasteiger partial charge in [-0.2, -0.15) is 0 Å². The predicted octanol–water partition coefficient (Wildman–Crippen LogP) is 5.59. The van der Waals surface area contributed by atoms with Crippen LogP contribution >= 0.6 is 23.1 Å². The van der Waals surface area contributed by atoms with Gasteiger partial charge in [0.1, 0.15) is 11.3 Å². The number of aromatic nitrogens is 3. The molecule has 2 aromatic heterocycles. The number of fused-ring (bicyclic) bond motifs is 1. The summed E-state index contributed by atoms with van der Waals surface area (Å²) >= 11 is 3.35. The van der Waals surface area contributed by atoms with E-state index in [1.807, 2.05) is 39.9 Å². The zero-order valence-corrected chi connectivity index (χ0v) is 20.8. The van der Waals surface area contributed by atoms with E-state index in [4.69, 9.17) is 9.72 Å². The number of methoxy groups -OCH3 is 1. The number of aryl methyl sites for hydroxylation is 2. The standard InChI is InChI=1S/C25H28N4O2S2/c1-4-32-20-9-7-19(8-10-20)16-22(30)29(14-5-13-28-15-12-26-17-28)25-27-23-21(31-3)11-6-18(2)24(23)33-25/h6-12,15,17H,4-5,13-14,16H2,1-3H3. The third-order valence-electron chi connectivity index (χ3n) is 5.39. The maximum absolute atomic E-state index is 13.5. The summed E-state index contributed by atoms with van der Waals surface area (Å²) in [5, 5.41) is 0.714. The average Bonchev–Trinajstić information content (AvgIpc) is 3.49. The Bertz CT molecular complexity index is 1200. The lowest BCUT2D eigenvalue weighted by Crippen LogP contribution is -2.33. The second-order valence-electron chi connectivity index (χ2n) is 7.71. The number of imidazole rings is 1. The van der Waals surface area contributed by atoms with Gasteiger partial charge in [-0.15, -0.1) is 11.8 Å². The highest BCUT2D eigenvalue weighted by Crippen LogP contribution is 2.36. The van der Waals surface area contributed by atoms with E-state index in [0.717, 1.165) is 45.8 Å². The molecule has 0 atom stereocenters. The minimum Gasteiger partial charge on any atom is -0.494 e. The van der Waals surface area contributed by atoms with Gasteiger partial charge in [-0.1, -0.05) is 36.5 Å². The van der Waals surface area contributed by atoms with E-state index in [9.17, 15) is 4.79 Å². The molecule has 2 heterocycles. The van der Waals surface area contributed by atoms with Crippen LogP contribution in [0.15, 0.2) is 60.0 Å². The maximum atomic E-state index is 13.5. The number of hydrogen-bond donors (Lipinski definition) is 0. The summed E-state index contributed by atoms with van der Waals surface area (Å²) in [5.41, 5.74) is 2.95. The van der Waals surface area contributed by atoms with Crippen molar-refractivity contribution in [1.29, 1.82) is 0 Å². The monoisotopic (exact) mass is 480 g/mol. The smallest absolute Gasteiger partial charge is 0.233 e. The first-order chi connectivity index (χ1) is 16.1. The molecule has 0 fully saturated rings. The Morgan fingerprint density at radius 2 is 2.03 bits per heavy atom. The van der Waals surface area contributed by atoms with E-state index in [1.165, 1.54) is 4.90 Å². The molecule has 172 valence electrons. The fourth-order valence-electron chi connectivity index (χ4n) is 3.68. The highest BCUT2D eigenvalue weighted by molar-refractivity contribution is 7.99. The summed E-state index contributed by atoms with van der Waals surface area (Å²) in [5.74, 6) is 1.81. The summed E-state index contributed by atoms with van der Waals surface area (Å²) in [4.78, 5) is 25.5.